The molecule has 2 atom stereocenters. The quantitative estimate of drug-likeness (QED) is 0.591. The normalized spacial score (nSPS) is 17.1. The zero-order valence-corrected chi connectivity index (χ0v) is 17.0. The lowest BCUT2D eigenvalue weighted by molar-refractivity contribution is -0.139. The van der Waals surface area contributed by atoms with Gasteiger partial charge in [0, 0.05) is 31.3 Å². The fourth-order valence-electron chi connectivity index (χ4n) is 3.48. The fourth-order valence-corrected chi connectivity index (χ4v) is 3.48. The van der Waals surface area contributed by atoms with E-state index in [0.29, 0.717) is 23.9 Å². The summed E-state index contributed by atoms with van der Waals surface area (Å²) in [5.41, 5.74) is 2.62. The van der Waals surface area contributed by atoms with E-state index in [1.807, 2.05) is 24.3 Å². The lowest BCUT2D eigenvalue weighted by Gasteiger charge is -2.23. The number of nitrogens with one attached hydrogen (secondary N) is 1. The number of hydrogen-bond donors (Lipinski definition) is 1. The minimum absolute atomic E-state index is 0.0660. The summed E-state index contributed by atoms with van der Waals surface area (Å²) in [6.45, 7) is 5.99. The summed E-state index contributed by atoms with van der Waals surface area (Å²) in [6, 6.07) is 14.4. The van der Waals surface area contributed by atoms with E-state index < -0.39 is 11.9 Å². The molecule has 0 aromatic heterocycles. The standard InChI is InChI=1S/C23H26N2O4/c1-4-15(2)20-7-5-6-8-21(20)25-14-17(13-22(25)27)23(28)29-19-11-9-18(10-12-19)24-16(3)26/h5-12,15,17H,4,13-14H2,1-3H3,(H,24,26). The molecule has 0 bridgehead atoms. The lowest BCUT2D eigenvalue weighted by Crippen LogP contribution is -2.28. The molecular formula is C23H26N2O4. The van der Waals surface area contributed by atoms with Gasteiger partial charge in [0.15, 0.2) is 0 Å². The van der Waals surface area contributed by atoms with Gasteiger partial charge in [0.2, 0.25) is 11.8 Å². The van der Waals surface area contributed by atoms with E-state index in [-0.39, 0.29) is 18.2 Å². The summed E-state index contributed by atoms with van der Waals surface area (Å²) in [6.07, 6.45) is 1.11. The number of benzene rings is 2. The van der Waals surface area contributed by atoms with Gasteiger partial charge in [-0.25, -0.2) is 0 Å². The smallest absolute Gasteiger partial charge is 0.316 e. The molecule has 0 aliphatic carbocycles. The molecule has 0 radical (unpaired) electrons. The molecule has 0 spiro atoms. The molecule has 2 aromatic carbocycles. The molecule has 2 amide bonds. The minimum atomic E-state index is -0.512. The second-order valence-electron chi connectivity index (χ2n) is 7.40. The van der Waals surface area contributed by atoms with E-state index in [1.165, 1.54) is 6.92 Å². The third-order valence-electron chi connectivity index (χ3n) is 5.22. The number of amides is 2. The van der Waals surface area contributed by atoms with Gasteiger partial charge < -0.3 is 15.0 Å². The number of hydrogen-bond acceptors (Lipinski definition) is 4. The van der Waals surface area contributed by atoms with Gasteiger partial charge in [-0.1, -0.05) is 32.0 Å². The minimum Gasteiger partial charge on any atom is -0.426 e. The number of nitrogens with zero attached hydrogens (tertiary/aromatic N) is 1. The molecular weight excluding hydrogens is 368 g/mol. The molecule has 1 N–H and O–H groups in total. The number of rotatable bonds is 6. The molecule has 1 aliphatic rings. The maximum atomic E-state index is 12.6. The molecule has 0 saturated carbocycles. The maximum absolute atomic E-state index is 12.6. The van der Waals surface area contributed by atoms with E-state index in [1.54, 1.807) is 29.2 Å². The van der Waals surface area contributed by atoms with E-state index in [9.17, 15) is 14.4 Å². The monoisotopic (exact) mass is 394 g/mol. The van der Waals surface area contributed by atoms with Crippen molar-refractivity contribution in [1.29, 1.82) is 0 Å². The van der Waals surface area contributed by atoms with Gasteiger partial charge in [-0.15, -0.1) is 0 Å². The molecule has 29 heavy (non-hydrogen) atoms. The average molecular weight is 394 g/mol. The van der Waals surface area contributed by atoms with Gasteiger partial charge in [0.05, 0.1) is 5.92 Å². The molecule has 152 valence electrons. The van der Waals surface area contributed by atoms with Gasteiger partial charge in [-0.2, -0.15) is 0 Å². The summed E-state index contributed by atoms with van der Waals surface area (Å²) < 4.78 is 5.46. The predicted octanol–water partition coefficient (Wildman–Crippen LogP) is 4.12. The summed E-state index contributed by atoms with van der Waals surface area (Å²) in [4.78, 5) is 38.0. The van der Waals surface area contributed by atoms with Gasteiger partial charge >= 0.3 is 5.97 Å². The zero-order valence-electron chi connectivity index (χ0n) is 17.0. The Morgan fingerprint density at radius 2 is 1.86 bits per heavy atom. The number of carbonyl (C=O) groups excluding carboxylic acids is 3. The first-order valence-corrected chi connectivity index (χ1v) is 9.87. The lowest BCUT2D eigenvalue weighted by atomic mass is 9.96. The van der Waals surface area contributed by atoms with Crippen LogP contribution in [0.4, 0.5) is 11.4 Å². The Morgan fingerprint density at radius 3 is 2.52 bits per heavy atom. The van der Waals surface area contributed by atoms with Crippen LogP contribution in [0.5, 0.6) is 5.75 Å². The number of anilines is 2. The van der Waals surface area contributed by atoms with Crippen LogP contribution < -0.4 is 15.0 Å². The highest BCUT2D eigenvalue weighted by Gasteiger charge is 2.37. The molecule has 1 saturated heterocycles. The van der Waals surface area contributed by atoms with Crippen LogP contribution in [0.15, 0.2) is 48.5 Å². The van der Waals surface area contributed by atoms with Crippen molar-refractivity contribution in [3.63, 3.8) is 0 Å². The maximum Gasteiger partial charge on any atom is 0.316 e. The van der Waals surface area contributed by atoms with Gasteiger partial charge in [-0.05, 0) is 48.2 Å². The van der Waals surface area contributed by atoms with Crippen LogP contribution in [0.1, 0.15) is 45.1 Å². The number of ether oxygens (including phenoxy) is 1. The van der Waals surface area contributed by atoms with Crippen LogP contribution in [0.2, 0.25) is 0 Å². The Balaban J connectivity index is 1.69. The Morgan fingerprint density at radius 1 is 1.17 bits per heavy atom. The zero-order chi connectivity index (χ0) is 21.0. The van der Waals surface area contributed by atoms with Crippen molar-refractivity contribution in [1.82, 2.24) is 0 Å². The SMILES string of the molecule is CCC(C)c1ccccc1N1CC(C(=O)Oc2ccc(NC(C)=O)cc2)CC1=O. The van der Waals surface area contributed by atoms with E-state index >= 15 is 0 Å². The van der Waals surface area contributed by atoms with Crippen LogP contribution in [-0.4, -0.2) is 24.3 Å². The fraction of sp³-hybridized carbons (Fsp3) is 0.348. The topological polar surface area (TPSA) is 75.7 Å². The Labute approximate surface area is 170 Å². The highest BCUT2D eigenvalue weighted by Crippen LogP contribution is 2.34. The van der Waals surface area contributed by atoms with Crippen molar-refractivity contribution < 1.29 is 19.1 Å². The number of para-hydroxylation sites is 1. The van der Waals surface area contributed by atoms with Crippen LogP contribution in [0, 0.1) is 5.92 Å². The molecule has 2 aromatic rings. The summed E-state index contributed by atoms with van der Waals surface area (Å²) in [7, 11) is 0. The van der Waals surface area contributed by atoms with Crippen molar-refractivity contribution in [3.8, 4) is 5.75 Å². The second-order valence-corrected chi connectivity index (χ2v) is 7.40. The van der Waals surface area contributed by atoms with Crippen LogP contribution in [0.25, 0.3) is 0 Å². The molecule has 6 heteroatoms. The number of carbonyl (C=O) groups is 3. The van der Waals surface area contributed by atoms with E-state index in [0.717, 1.165) is 17.7 Å². The Hall–Kier alpha value is -3.15. The first-order chi connectivity index (χ1) is 13.9. The van der Waals surface area contributed by atoms with Gasteiger partial charge in [0.1, 0.15) is 5.75 Å². The predicted molar refractivity (Wildman–Crippen MR) is 112 cm³/mol. The van der Waals surface area contributed by atoms with Crippen molar-refractivity contribution >= 4 is 29.2 Å². The van der Waals surface area contributed by atoms with Gasteiger partial charge in [0.25, 0.3) is 0 Å². The highest BCUT2D eigenvalue weighted by atomic mass is 16.5. The van der Waals surface area contributed by atoms with Crippen molar-refractivity contribution in [2.75, 3.05) is 16.8 Å². The van der Waals surface area contributed by atoms with Crippen molar-refractivity contribution in [2.24, 2.45) is 5.92 Å². The van der Waals surface area contributed by atoms with Crippen LogP contribution in [0.3, 0.4) is 0 Å². The van der Waals surface area contributed by atoms with Crippen LogP contribution in [-0.2, 0) is 14.4 Å². The molecule has 1 heterocycles. The third-order valence-corrected chi connectivity index (χ3v) is 5.22. The third kappa shape index (κ3) is 4.83. The first kappa shape index (κ1) is 20.6. The molecule has 6 nitrogen and oxygen atoms in total. The van der Waals surface area contributed by atoms with E-state index in [2.05, 4.69) is 19.2 Å². The highest BCUT2D eigenvalue weighted by molar-refractivity contribution is 6.00. The molecule has 1 fully saturated rings. The van der Waals surface area contributed by atoms with Crippen LogP contribution >= 0.6 is 0 Å². The Bertz CT molecular complexity index is 907. The average Bonchev–Trinajstić information content (AvgIpc) is 3.10. The van der Waals surface area contributed by atoms with E-state index in [4.69, 9.17) is 4.74 Å². The largest absolute Gasteiger partial charge is 0.426 e. The first-order valence-electron chi connectivity index (χ1n) is 9.87. The summed E-state index contributed by atoms with van der Waals surface area (Å²) in [5.74, 6) is -0.459. The number of esters is 1. The van der Waals surface area contributed by atoms with Gasteiger partial charge in [-0.3, -0.25) is 14.4 Å². The summed E-state index contributed by atoms with van der Waals surface area (Å²) >= 11 is 0. The van der Waals surface area contributed by atoms with Crippen molar-refractivity contribution in [2.45, 2.75) is 39.5 Å². The molecule has 3 rings (SSSR count). The Kier molecular flexibility index (Phi) is 6.32. The summed E-state index contributed by atoms with van der Waals surface area (Å²) in [5, 5.41) is 2.66. The van der Waals surface area contributed by atoms with Crippen molar-refractivity contribution in [3.05, 3.63) is 54.1 Å². The second kappa shape index (κ2) is 8.90. The molecule has 2 unspecified atom stereocenters. The molecule has 1 aliphatic heterocycles.